The Hall–Kier alpha value is -1.89. The van der Waals surface area contributed by atoms with E-state index in [4.69, 9.17) is 5.73 Å². The van der Waals surface area contributed by atoms with Crippen molar-refractivity contribution in [2.75, 3.05) is 0 Å². The molecular formula is C15H17FN4OS. The van der Waals surface area contributed by atoms with Crippen molar-refractivity contribution in [3.63, 3.8) is 0 Å². The lowest BCUT2D eigenvalue weighted by atomic mass is 10.2. The molecule has 1 saturated carbocycles. The van der Waals surface area contributed by atoms with Crippen molar-refractivity contribution in [2.24, 2.45) is 5.73 Å². The fourth-order valence-corrected chi connectivity index (χ4v) is 3.25. The van der Waals surface area contributed by atoms with Crippen LogP contribution in [-0.4, -0.2) is 20.7 Å². The maximum absolute atomic E-state index is 13.2. The summed E-state index contributed by atoms with van der Waals surface area (Å²) in [6.07, 6.45) is 3.00. The van der Waals surface area contributed by atoms with E-state index in [1.54, 1.807) is 6.07 Å². The molecule has 1 aliphatic rings. The molecule has 0 atom stereocenters. The zero-order valence-electron chi connectivity index (χ0n) is 12.0. The lowest BCUT2D eigenvalue weighted by Crippen LogP contribution is -2.13. The highest BCUT2D eigenvalue weighted by Crippen LogP contribution is 2.39. The van der Waals surface area contributed by atoms with E-state index >= 15 is 0 Å². The predicted octanol–water partition coefficient (Wildman–Crippen LogP) is 2.46. The maximum atomic E-state index is 13.2. The first-order valence-electron chi connectivity index (χ1n) is 7.23. The van der Waals surface area contributed by atoms with Gasteiger partial charge in [-0.3, -0.25) is 4.79 Å². The number of halogens is 1. The third-order valence-corrected chi connectivity index (χ3v) is 4.51. The van der Waals surface area contributed by atoms with E-state index in [0.29, 0.717) is 18.2 Å². The molecule has 1 aliphatic carbocycles. The van der Waals surface area contributed by atoms with Gasteiger partial charge in [-0.05, 0) is 30.5 Å². The Morgan fingerprint density at radius 1 is 1.41 bits per heavy atom. The van der Waals surface area contributed by atoms with Gasteiger partial charge in [0, 0.05) is 24.6 Å². The number of nitrogens with two attached hydrogens (primary N) is 1. The third-order valence-electron chi connectivity index (χ3n) is 3.50. The molecule has 0 spiro atoms. The number of rotatable bonds is 7. The number of carbonyl (C=O) groups excluding carboxylic acids is 1. The van der Waals surface area contributed by atoms with Gasteiger partial charge in [0.2, 0.25) is 5.91 Å². The minimum absolute atomic E-state index is 0.232. The average Bonchev–Trinajstić information content (AvgIpc) is 3.24. The number of hydrogen-bond acceptors (Lipinski definition) is 4. The SMILES string of the molecule is NC(=O)CCc1nnc(SCc2cccc(F)c2)n1C1CC1. The van der Waals surface area contributed by atoms with E-state index in [1.165, 1.54) is 23.9 Å². The Balaban J connectivity index is 1.71. The van der Waals surface area contributed by atoms with Crippen LogP contribution in [0.4, 0.5) is 4.39 Å². The highest BCUT2D eigenvalue weighted by molar-refractivity contribution is 7.98. The molecule has 1 heterocycles. The second-order valence-corrected chi connectivity index (χ2v) is 6.33. The topological polar surface area (TPSA) is 73.8 Å². The van der Waals surface area contributed by atoms with Gasteiger partial charge in [0.15, 0.2) is 5.16 Å². The Bertz CT molecular complexity index is 684. The Labute approximate surface area is 132 Å². The number of carbonyl (C=O) groups is 1. The molecule has 1 aromatic heterocycles. The molecule has 0 aliphatic heterocycles. The molecule has 1 amide bonds. The van der Waals surface area contributed by atoms with Gasteiger partial charge >= 0.3 is 0 Å². The van der Waals surface area contributed by atoms with Gasteiger partial charge in [0.25, 0.3) is 0 Å². The van der Waals surface area contributed by atoms with Gasteiger partial charge in [-0.1, -0.05) is 23.9 Å². The molecule has 2 aromatic rings. The summed E-state index contributed by atoms with van der Waals surface area (Å²) < 4.78 is 15.3. The van der Waals surface area contributed by atoms with Gasteiger partial charge in [-0.25, -0.2) is 4.39 Å². The fourth-order valence-electron chi connectivity index (χ4n) is 2.29. The molecule has 1 fully saturated rings. The molecule has 3 rings (SSSR count). The van der Waals surface area contributed by atoms with Crippen molar-refractivity contribution in [1.82, 2.24) is 14.8 Å². The molecule has 116 valence electrons. The van der Waals surface area contributed by atoms with Crippen LogP contribution in [0.2, 0.25) is 0 Å². The van der Waals surface area contributed by atoms with E-state index in [1.807, 2.05) is 6.07 Å². The Kier molecular flexibility index (Phi) is 4.42. The van der Waals surface area contributed by atoms with E-state index in [-0.39, 0.29) is 18.1 Å². The number of aromatic nitrogens is 3. The van der Waals surface area contributed by atoms with Crippen LogP contribution < -0.4 is 5.73 Å². The van der Waals surface area contributed by atoms with Crippen LogP contribution in [0.15, 0.2) is 29.4 Å². The summed E-state index contributed by atoms with van der Waals surface area (Å²) in [5.41, 5.74) is 6.11. The molecule has 0 radical (unpaired) electrons. The third kappa shape index (κ3) is 3.65. The van der Waals surface area contributed by atoms with Crippen molar-refractivity contribution in [3.8, 4) is 0 Å². The summed E-state index contributed by atoms with van der Waals surface area (Å²) in [6, 6.07) is 6.98. The van der Waals surface area contributed by atoms with Crippen molar-refractivity contribution in [1.29, 1.82) is 0 Å². The zero-order valence-corrected chi connectivity index (χ0v) is 12.9. The summed E-state index contributed by atoms with van der Waals surface area (Å²) in [5.74, 6) is 0.879. The van der Waals surface area contributed by atoms with Crippen LogP contribution in [0.3, 0.4) is 0 Å². The van der Waals surface area contributed by atoms with Gasteiger partial charge in [0.1, 0.15) is 11.6 Å². The van der Waals surface area contributed by atoms with Crippen molar-refractivity contribution < 1.29 is 9.18 Å². The second-order valence-electron chi connectivity index (χ2n) is 5.38. The molecule has 2 N–H and O–H groups in total. The first-order valence-corrected chi connectivity index (χ1v) is 8.21. The van der Waals surface area contributed by atoms with Crippen molar-refractivity contribution >= 4 is 17.7 Å². The van der Waals surface area contributed by atoms with Crippen LogP contribution in [0, 0.1) is 5.82 Å². The van der Waals surface area contributed by atoms with E-state index in [0.717, 1.165) is 29.4 Å². The number of aryl methyl sites for hydroxylation is 1. The van der Waals surface area contributed by atoms with Crippen molar-refractivity contribution in [2.45, 2.75) is 42.6 Å². The molecule has 22 heavy (non-hydrogen) atoms. The van der Waals surface area contributed by atoms with Gasteiger partial charge < -0.3 is 10.3 Å². The summed E-state index contributed by atoms with van der Waals surface area (Å²) in [5, 5.41) is 9.24. The molecule has 5 nitrogen and oxygen atoms in total. The Morgan fingerprint density at radius 2 is 2.23 bits per heavy atom. The number of hydrogen-bond donors (Lipinski definition) is 1. The quantitative estimate of drug-likeness (QED) is 0.795. The largest absolute Gasteiger partial charge is 0.370 e. The first-order chi connectivity index (χ1) is 10.6. The molecule has 0 saturated heterocycles. The zero-order chi connectivity index (χ0) is 15.5. The Morgan fingerprint density at radius 3 is 2.91 bits per heavy atom. The maximum Gasteiger partial charge on any atom is 0.217 e. The summed E-state index contributed by atoms with van der Waals surface area (Å²) in [7, 11) is 0. The first kappa shape index (κ1) is 15.0. The van der Waals surface area contributed by atoms with Gasteiger partial charge in [-0.2, -0.15) is 0 Å². The van der Waals surface area contributed by atoms with Crippen LogP contribution in [0.25, 0.3) is 0 Å². The molecule has 1 aromatic carbocycles. The summed E-state index contributed by atoms with van der Waals surface area (Å²) in [4.78, 5) is 10.9. The second kappa shape index (κ2) is 6.48. The van der Waals surface area contributed by atoms with Crippen LogP contribution in [-0.2, 0) is 17.0 Å². The normalized spacial score (nSPS) is 14.2. The van der Waals surface area contributed by atoms with Gasteiger partial charge in [-0.15, -0.1) is 10.2 Å². The van der Waals surface area contributed by atoms with E-state index in [9.17, 15) is 9.18 Å². The van der Waals surface area contributed by atoms with E-state index < -0.39 is 0 Å². The molecule has 7 heteroatoms. The number of amides is 1. The highest BCUT2D eigenvalue weighted by Gasteiger charge is 2.29. The van der Waals surface area contributed by atoms with Crippen LogP contribution in [0.5, 0.6) is 0 Å². The lowest BCUT2D eigenvalue weighted by Gasteiger charge is -2.08. The molecular weight excluding hydrogens is 303 g/mol. The molecule has 0 unspecified atom stereocenters. The monoisotopic (exact) mass is 320 g/mol. The number of nitrogens with zero attached hydrogens (tertiary/aromatic N) is 3. The highest BCUT2D eigenvalue weighted by atomic mass is 32.2. The summed E-state index contributed by atoms with van der Waals surface area (Å²) in [6.45, 7) is 0. The van der Waals surface area contributed by atoms with Crippen LogP contribution in [0.1, 0.15) is 36.7 Å². The fraction of sp³-hybridized carbons (Fsp3) is 0.400. The van der Waals surface area contributed by atoms with E-state index in [2.05, 4.69) is 14.8 Å². The minimum Gasteiger partial charge on any atom is -0.370 e. The predicted molar refractivity (Wildman–Crippen MR) is 81.8 cm³/mol. The number of benzene rings is 1. The summed E-state index contributed by atoms with van der Waals surface area (Å²) >= 11 is 1.54. The van der Waals surface area contributed by atoms with Gasteiger partial charge in [0.05, 0.1) is 0 Å². The minimum atomic E-state index is -0.334. The lowest BCUT2D eigenvalue weighted by molar-refractivity contribution is -0.118. The smallest absolute Gasteiger partial charge is 0.217 e. The number of thioether (sulfide) groups is 1. The standard InChI is InChI=1S/C15H17FN4OS/c16-11-3-1-2-10(8-11)9-22-15-19-18-14(7-6-13(17)21)20(15)12-4-5-12/h1-3,8,12H,4-7,9H2,(H2,17,21). The average molecular weight is 320 g/mol. The molecule has 0 bridgehead atoms. The van der Waals surface area contributed by atoms with Crippen molar-refractivity contribution in [3.05, 3.63) is 41.5 Å². The van der Waals surface area contributed by atoms with Crippen LogP contribution >= 0.6 is 11.8 Å². The number of primary amides is 1.